The minimum absolute atomic E-state index is 0.0519. The van der Waals surface area contributed by atoms with Crippen LogP contribution in [0.4, 0.5) is 4.39 Å². The molecule has 0 aliphatic heterocycles. The zero-order chi connectivity index (χ0) is 13.6. The van der Waals surface area contributed by atoms with Gasteiger partial charge in [0.2, 0.25) is 0 Å². The zero-order valence-electron chi connectivity index (χ0n) is 11.0. The lowest BCUT2D eigenvalue weighted by Gasteiger charge is -2.16. The Balaban J connectivity index is 2.66. The summed E-state index contributed by atoms with van der Waals surface area (Å²) in [5.74, 6) is -0.179. The van der Waals surface area contributed by atoms with Crippen molar-refractivity contribution in [2.24, 2.45) is 0 Å². The van der Waals surface area contributed by atoms with Gasteiger partial charge in [0.25, 0.3) is 5.91 Å². The van der Waals surface area contributed by atoms with Crippen LogP contribution in [0.2, 0.25) is 0 Å². The summed E-state index contributed by atoms with van der Waals surface area (Å²) >= 11 is 1.61. The standard InChI is InChI=1S/C13H19FN2OS/c1-13(2,3)18-11-9-10(5-8-15-11)12(17)16-7-4-6-14/h5,8-9H,4,6-7H2,1-3H3,(H,16,17). The van der Waals surface area contributed by atoms with Crippen molar-refractivity contribution in [3.63, 3.8) is 0 Å². The van der Waals surface area contributed by atoms with Crippen molar-refractivity contribution in [1.82, 2.24) is 10.3 Å². The molecular formula is C13H19FN2OS. The fourth-order valence-corrected chi connectivity index (χ4v) is 2.22. The van der Waals surface area contributed by atoms with E-state index in [1.54, 1.807) is 30.1 Å². The molecule has 0 unspecified atom stereocenters. The second-order valence-corrected chi connectivity index (χ2v) is 6.74. The fraction of sp³-hybridized carbons (Fsp3) is 0.538. The lowest BCUT2D eigenvalue weighted by molar-refractivity contribution is 0.0952. The van der Waals surface area contributed by atoms with Crippen LogP contribution in [0.1, 0.15) is 37.6 Å². The maximum atomic E-state index is 11.9. The molecule has 0 bridgehead atoms. The second-order valence-electron chi connectivity index (χ2n) is 4.90. The summed E-state index contributed by atoms with van der Waals surface area (Å²) in [7, 11) is 0. The SMILES string of the molecule is CC(C)(C)Sc1cc(C(=O)NCCCF)ccn1. The molecule has 1 N–H and O–H groups in total. The van der Waals surface area contributed by atoms with Crippen LogP contribution in [-0.2, 0) is 0 Å². The topological polar surface area (TPSA) is 42.0 Å². The smallest absolute Gasteiger partial charge is 0.251 e. The van der Waals surface area contributed by atoms with Crippen molar-refractivity contribution < 1.29 is 9.18 Å². The molecule has 0 saturated carbocycles. The molecule has 0 fully saturated rings. The van der Waals surface area contributed by atoms with E-state index < -0.39 is 6.67 Å². The molecule has 18 heavy (non-hydrogen) atoms. The number of hydrogen-bond acceptors (Lipinski definition) is 3. The van der Waals surface area contributed by atoms with Gasteiger partial charge in [-0.3, -0.25) is 9.18 Å². The summed E-state index contributed by atoms with van der Waals surface area (Å²) in [6, 6.07) is 3.43. The lowest BCUT2D eigenvalue weighted by Crippen LogP contribution is -2.24. The summed E-state index contributed by atoms with van der Waals surface area (Å²) < 4.78 is 12.0. The van der Waals surface area contributed by atoms with Gasteiger partial charge >= 0.3 is 0 Å². The summed E-state index contributed by atoms with van der Waals surface area (Å²) in [5, 5.41) is 3.49. The summed E-state index contributed by atoms with van der Waals surface area (Å²) in [6.07, 6.45) is 1.97. The molecule has 0 aromatic carbocycles. The highest BCUT2D eigenvalue weighted by Gasteiger charge is 2.14. The number of carbonyl (C=O) groups is 1. The van der Waals surface area contributed by atoms with Crippen molar-refractivity contribution in [1.29, 1.82) is 0 Å². The molecule has 0 aliphatic rings. The van der Waals surface area contributed by atoms with E-state index in [2.05, 4.69) is 31.1 Å². The van der Waals surface area contributed by atoms with Gasteiger partial charge in [-0.05, 0) is 18.6 Å². The number of amides is 1. The van der Waals surface area contributed by atoms with Gasteiger partial charge in [-0.15, -0.1) is 11.8 Å². The van der Waals surface area contributed by atoms with E-state index >= 15 is 0 Å². The number of rotatable bonds is 5. The first-order valence-corrected chi connectivity index (χ1v) is 6.73. The third kappa shape index (κ3) is 5.49. The number of carbonyl (C=O) groups excluding carboxylic acids is 1. The van der Waals surface area contributed by atoms with Crippen molar-refractivity contribution in [2.45, 2.75) is 37.0 Å². The minimum atomic E-state index is -0.415. The second kappa shape index (κ2) is 6.73. The molecule has 0 atom stereocenters. The van der Waals surface area contributed by atoms with Gasteiger partial charge in [-0.1, -0.05) is 20.8 Å². The fourth-order valence-electron chi connectivity index (χ4n) is 1.29. The van der Waals surface area contributed by atoms with E-state index in [4.69, 9.17) is 0 Å². The predicted molar refractivity (Wildman–Crippen MR) is 72.8 cm³/mol. The Morgan fingerprint density at radius 2 is 2.22 bits per heavy atom. The molecule has 1 aromatic rings. The van der Waals surface area contributed by atoms with Crippen LogP contribution in [0.25, 0.3) is 0 Å². The number of thioether (sulfide) groups is 1. The van der Waals surface area contributed by atoms with Crippen molar-refractivity contribution in [3.05, 3.63) is 23.9 Å². The highest BCUT2D eigenvalue weighted by atomic mass is 32.2. The number of aromatic nitrogens is 1. The van der Waals surface area contributed by atoms with Gasteiger partial charge in [-0.2, -0.15) is 0 Å². The zero-order valence-corrected chi connectivity index (χ0v) is 11.8. The van der Waals surface area contributed by atoms with E-state index in [9.17, 15) is 9.18 Å². The number of alkyl halides is 1. The molecule has 100 valence electrons. The third-order valence-corrected chi connectivity index (χ3v) is 3.05. The Morgan fingerprint density at radius 1 is 1.50 bits per heavy atom. The molecule has 1 rings (SSSR count). The molecule has 1 heterocycles. The summed E-state index contributed by atoms with van der Waals surface area (Å²) in [5.41, 5.74) is 0.565. The highest BCUT2D eigenvalue weighted by molar-refractivity contribution is 8.00. The number of hydrogen-bond donors (Lipinski definition) is 1. The Hall–Kier alpha value is -1.10. The first-order chi connectivity index (χ1) is 8.42. The Labute approximate surface area is 112 Å². The van der Waals surface area contributed by atoms with Gasteiger partial charge < -0.3 is 5.32 Å². The van der Waals surface area contributed by atoms with Crippen LogP contribution in [0.3, 0.4) is 0 Å². The van der Waals surface area contributed by atoms with E-state index in [0.29, 0.717) is 18.5 Å². The molecule has 3 nitrogen and oxygen atoms in total. The quantitative estimate of drug-likeness (QED) is 0.660. The molecular weight excluding hydrogens is 251 g/mol. The average molecular weight is 270 g/mol. The van der Waals surface area contributed by atoms with Gasteiger partial charge in [-0.25, -0.2) is 4.98 Å². The van der Waals surface area contributed by atoms with E-state index in [1.807, 2.05) is 0 Å². The van der Waals surface area contributed by atoms with Crippen molar-refractivity contribution >= 4 is 17.7 Å². The molecule has 5 heteroatoms. The van der Waals surface area contributed by atoms with Crippen LogP contribution >= 0.6 is 11.8 Å². The van der Waals surface area contributed by atoms with Crippen molar-refractivity contribution in [3.8, 4) is 0 Å². The Bertz CT molecular complexity index is 404. The maximum Gasteiger partial charge on any atom is 0.251 e. The average Bonchev–Trinajstić information content (AvgIpc) is 2.27. The van der Waals surface area contributed by atoms with E-state index in [1.165, 1.54) is 0 Å². The highest BCUT2D eigenvalue weighted by Crippen LogP contribution is 2.30. The first-order valence-electron chi connectivity index (χ1n) is 5.91. The molecule has 1 aromatic heterocycles. The van der Waals surface area contributed by atoms with Gasteiger partial charge in [0.1, 0.15) is 0 Å². The van der Waals surface area contributed by atoms with Crippen LogP contribution in [-0.4, -0.2) is 28.9 Å². The third-order valence-electron chi connectivity index (χ3n) is 2.00. The van der Waals surface area contributed by atoms with Gasteiger partial charge in [0.05, 0.1) is 11.7 Å². The largest absolute Gasteiger partial charge is 0.352 e. The number of nitrogens with zero attached hydrogens (tertiary/aromatic N) is 1. The number of nitrogens with one attached hydrogen (secondary N) is 1. The Morgan fingerprint density at radius 3 is 2.83 bits per heavy atom. The van der Waals surface area contributed by atoms with Gasteiger partial charge in [0.15, 0.2) is 0 Å². The van der Waals surface area contributed by atoms with E-state index in [0.717, 1.165) is 5.03 Å². The molecule has 1 amide bonds. The lowest BCUT2D eigenvalue weighted by atomic mass is 10.2. The van der Waals surface area contributed by atoms with Crippen LogP contribution in [0.5, 0.6) is 0 Å². The minimum Gasteiger partial charge on any atom is -0.352 e. The number of pyridine rings is 1. The summed E-state index contributed by atoms with van der Waals surface area (Å²) in [4.78, 5) is 16.0. The summed E-state index contributed by atoms with van der Waals surface area (Å²) in [6.45, 7) is 6.22. The molecule has 0 spiro atoms. The molecule has 0 aliphatic carbocycles. The molecule has 0 radical (unpaired) electrons. The predicted octanol–water partition coefficient (Wildman–Crippen LogP) is 3.06. The normalized spacial score (nSPS) is 11.3. The van der Waals surface area contributed by atoms with E-state index in [-0.39, 0.29) is 10.7 Å². The monoisotopic (exact) mass is 270 g/mol. The number of halogens is 1. The van der Waals surface area contributed by atoms with Gasteiger partial charge in [0, 0.05) is 23.1 Å². The van der Waals surface area contributed by atoms with Crippen LogP contribution in [0, 0.1) is 0 Å². The van der Waals surface area contributed by atoms with Crippen molar-refractivity contribution in [2.75, 3.05) is 13.2 Å². The maximum absolute atomic E-state index is 11.9. The Kier molecular flexibility index (Phi) is 5.59. The van der Waals surface area contributed by atoms with Crippen LogP contribution < -0.4 is 5.32 Å². The first kappa shape index (κ1) is 15.0. The van der Waals surface area contributed by atoms with Crippen LogP contribution in [0.15, 0.2) is 23.4 Å². The molecule has 0 saturated heterocycles.